The molecule has 0 aliphatic carbocycles. The summed E-state index contributed by atoms with van der Waals surface area (Å²) in [5.74, 6) is 0.582. The third-order valence-electron chi connectivity index (χ3n) is 4.96. The Morgan fingerprint density at radius 3 is 2.66 bits per heavy atom. The predicted octanol–water partition coefficient (Wildman–Crippen LogP) is 1.66. The number of nitrogens with one attached hydrogen (secondary N) is 1. The van der Waals surface area contributed by atoms with Crippen molar-refractivity contribution in [3.8, 4) is 11.5 Å². The van der Waals surface area contributed by atoms with Crippen LogP contribution in [0.2, 0.25) is 0 Å². The molecule has 8 nitrogen and oxygen atoms in total. The maximum Gasteiger partial charge on any atom is 0.265 e. The van der Waals surface area contributed by atoms with Crippen LogP contribution in [0.3, 0.4) is 0 Å². The van der Waals surface area contributed by atoms with Crippen LogP contribution in [0.25, 0.3) is 0 Å². The number of fused-ring (bicyclic) bond motifs is 1. The lowest BCUT2D eigenvalue weighted by Gasteiger charge is -2.27. The van der Waals surface area contributed by atoms with Crippen LogP contribution < -0.4 is 14.8 Å². The van der Waals surface area contributed by atoms with Crippen LogP contribution in [-0.2, 0) is 26.0 Å². The van der Waals surface area contributed by atoms with Gasteiger partial charge in [-0.1, -0.05) is 18.2 Å². The molecule has 1 amide bonds. The Hall–Kier alpha value is -2.62. The molecule has 2 aliphatic heterocycles. The van der Waals surface area contributed by atoms with Gasteiger partial charge in [-0.05, 0) is 29.8 Å². The molecular weight excluding hydrogens is 396 g/mol. The highest BCUT2D eigenvalue weighted by molar-refractivity contribution is 7.89. The summed E-state index contributed by atoms with van der Waals surface area (Å²) >= 11 is 0. The third kappa shape index (κ3) is 3.93. The number of benzene rings is 2. The summed E-state index contributed by atoms with van der Waals surface area (Å²) in [6.45, 7) is 1.24. The van der Waals surface area contributed by atoms with E-state index in [-0.39, 0.29) is 29.6 Å². The SMILES string of the molecule is COc1ccc(NC(=O)[C@@H]2Cc3ccccc3O2)cc1S(=O)(=O)N1CCOCC1. The normalized spacial score (nSPS) is 19.3. The second-order valence-electron chi connectivity index (χ2n) is 6.79. The zero-order valence-corrected chi connectivity index (χ0v) is 16.8. The number of amides is 1. The standard InChI is InChI=1S/C20H22N2O6S/c1-26-17-7-6-15(13-19(17)29(24,25)22-8-10-27-11-9-22)21-20(23)18-12-14-4-2-3-5-16(14)28-18/h2-7,13,18H,8-12H2,1H3,(H,21,23)/t18-/m0/s1. The minimum atomic E-state index is -3.78. The molecule has 1 fully saturated rings. The summed E-state index contributed by atoms with van der Waals surface area (Å²) < 4.78 is 43.7. The van der Waals surface area contributed by atoms with Crippen molar-refractivity contribution in [2.24, 2.45) is 0 Å². The van der Waals surface area contributed by atoms with Crippen LogP contribution >= 0.6 is 0 Å². The summed E-state index contributed by atoms with van der Waals surface area (Å²) in [5.41, 5.74) is 1.33. The number of ether oxygens (including phenoxy) is 3. The Kier molecular flexibility index (Phi) is 5.44. The average molecular weight is 418 g/mol. The molecule has 29 heavy (non-hydrogen) atoms. The first-order valence-electron chi connectivity index (χ1n) is 9.30. The number of nitrogens with zero attached hydrogens (tertiary/aromatic N) is 1. The monoisotopic (exact) mass is 418 g/mol. The Bertz CT molecular complexity index is 992. The van der Waals surface area contributed by atoms with Gasteiger partial charge in [0.1, 0.15) is 16.4 Å². The fraction of sp³-hybridized carbons (Fsp3) is 0.350. The van der Waals surface area contributed by atoms with Gasteiger partial charge in [-0.25, -0.2) is 8.42 Å². The number of hydrogen-bond donors (Lipinski definition) is 1. The highest BCUT2D eigenvalue weighted by Crippen LogP contribution is 2.32. The summed E-state index contributed by atoms with van der Waals surface area (Å²) in [5, 5.41) is 2.76. The number of rotatable bonds is 5. The first-order chi connectivity index (χ1) is 14.0. The molecule has 0 bridgehead atoms. The van der Waals surface area contributed by atoms with E-state index in [2.05, 4.69) is 5.32 Å². The molecule has 0 saturated carbocycles. The van der Waals surface area contributed by atoms with Crippen LogP contribution in [-0.4, -0.2) is 58.1 Å². The van der Waals surface area contributed by atoms with Crippen molar-refractivity contribution in [1.29, 1.82) is 0 Å². The Morgan fingerprint density at radius 2 is 1.93 bits per heavy atom. The Balaban J connectivity index is 1.55. The Morgan fingerprint density at radius 1 is 1.17 bits per heavy atom. The molecule has 0 radical (unpaired) electrons. The zero-order chi connectivity index (χ0) is 20.4. The number of methoxy groups -OCH3 is 1. The molecule has 2 aliphatic rings. The zero-order valence-electron chi connectivity index (χ0n) is 16.0. The highest BCUT2D eigenvalue weighted by Gasteiger charge is 2.31. The van der Waals surface area contributed by atoms with Gasteiger partial charge in [-0.15, -0.1) is 0 Å². The van der Waals surface area contributed by atoms with E-state index >= 15 is 0 Å². The maximum atomic E-state index is 13.1. The van der Waals surface area contributed by atoms with Gasteiger partial charge < -0.3 is 19.5 Å². The van der Waals surface area contributed by atoms with Gasteiger partial charge in [0.25, 0.3) is 5.91 Å². The van der Waals surface area contributed by atoms with E-state index in [1.807, 2.05) is 24.3 Å². The van der Waals surface area contributed by atoms with Gasteiger partial charge in [0.05, 0.1) is 20.3 Å². The molecule has 1 saturated heterocycles. The quantitative estimate of drug-likeness (QED) is 0.794. The predicted molar refractivity (Wildman–Crippen MR) is 106 cm³/mol. The molecule has 1 atom stereocenters. The van der Waals surface area contributed by atoms with E-state index in [0.717, 1.165) is 5.56 Å². The molecule has 0 spiro atoms. The maximum absolute atomic E-state index is 13.1. The largest absolute Gasteiger partial charge is 0.495 e. The van der Waals surface area contributed by atoms with Crippen LogP contribution in [0, 0.1) is 0 Å². The van der Waals surface area contributed by atoms with E-state index in [0.29, 0.717) is 31.1 Å². The highest BCUT2D eigenvalue weighted by atomic mass is 32.2. The van der Waals surface area contributed by atoms with Gasteiger partial charge in [-0.2, -0.15) is 4.31 Å². The molecule has 2 heterocycles. The van der Waals surface area contributed by atoms with Crippen molar-refractivity contribution >= 4 is 21.6 Å². The van der Waals surface area contributed by atoms with Crippen LogP contribution in [0.4, 0.5) is 5.69 Å². The lowest BCUT2D eigenvalue weighted by Crippen LogP contribution is -2.40. The summed E-state index contributed by atoms with van der Waals surface area (Å²) in [7, 11) is -2.37. The van der Waals surface area contributed by atoms with Crippen molar-refractivity contribution in [2.45, 2.75) is 17.4 Å². The van der Waals surface area contributed by atoms with E-state index in [1.54, 1.807) is 6.07 Å². The molecule has 2 aromatic rings. The summed E-state index contributed by atoms with van der Waals surface area (Å²) in [6.07, 6.45) is -0.189. The lowest BCUT2D eigenvalue weighted by molar-refractivity contribution is -0.122. The Labute approximate surface area is 169 Å². The molecule has 2 aromatic carbocycles. The first-order valence-corrected chi connectivity index (χ1v) is 10.7. The second-order valence-corrected chi connectivity index (χ2v) is 8.70. The van der Waals surface area contributed by atoms with Crippen LogP contribution in [0.5, 0.6) is 11.5 Å². The number of sulfonamides is 1. The number of para-hydroxylation sites is 1. The number of anilines is 1. The molecule has 154 valence electrons. The van der Waals surface area contributed by atoms with Crippen molar-refractivity contribution in [1.82, 2.24) is 4.31 Å². The third-order valence-corrected chi connectivity index (χ3v) is 6.88. The molecule has 9 heteroatoms. The molecule has 1 N–H and O–H groups in total. The average Bonchev–Trinajstić information content (AvgIpc) is 3.19. The van der Waals surface area contributed by atoms with Gasteiger partial charge >= 0.3 is 0 Å². The molecule has 0 aromatic heterocycles. The number of carbonyl (C=O) groups excluding carboxylic acids is 1. The van der Waals surface area contributed by atoms with Crippen molar-refractivity contribution in [2.75, 3.05) is 38.7 Å². The van der Waals surface area contributed by atoms with E-state index in [9.17, 15) is 13.2 Å². The molecule has 4 rings (SSSR count). The smallest absolute Gasteiger partial charge is 0.265 e. The van der Waals surface area contributed by atoms with E-state index < -0.39 is 16.1 Å². The van der Waals surface area contributed by atoms with Gasteiger partial charge in [0.2, 0.25) is 10.0 Å². The minimum Gasteiger partial charge on any atom is -0.495 e. The molecule has 0 unspecified atom stereocenters. The number of hydrogen-bond acceptors (Lipinski definition) is 6. The lowest BCUT2D eigenvalue weighted by atomic mass is 10.1. The van der Waals surface area contributed by atoms with Crippen LogP contribution in [0.1, 0.15) is 5.56 Å². The fourth-order valence-electron chi connectivity index (χ4n) is 3.43. The van der Waals surface area contributed by atoms with Crippen LogP contribution in [0.15, 0.2) is 47.4 Å². The van der Waals surface area contributed by atoms with Crippen molar-refractivity contribution < 1.29 is 27.4 Å². The number of morpholine rings is 1. The van der Waals surface area contributed by atoms with Gasteiger partial charge in [0, 0.05) is 25.2 Å². The van der Waals surface area contributed by atoms with Crippen molar-refractivity contribution in [3.05, 3.63) is 48.0 Å². The fourth-order valence-corrected chi connectivity index (χ4v) is 5.02. The topological polar surface area (TPSA) is 94.2 Å². The van der Waals surface area contributed by atoms with Gasteiger partial charge in [0.15, 0.2) is 6.10 Å². The van der Waals surface area contributed by atoms with E-state index in [4.69, 9.17) is 14.2 Å². The number of carbonyl (C=O) groups is 1. The summed E-state index contributed by atoms with van der Waals surface area (Å²) in [6, 6.07) is 12.1. The first kappa shape index (κ1) is 19.7. The van der Waals surface area contributed by atoms with Gasteiger partial charge in [-0.3, -0.25) is 4.79 Å². The summed E-state index contributed by atoms with van der Waals surface area (Å²) in [4.78, 5) is 12.7. The van der Waals surface area contributed by atoms with Crippen molar-refractivity contribution in [3.63, 3.8) is 0 Å². The minimum absolute atomic E-state index is 0.00956. The molecular formula is C20H22N2O6S. The second kappa shape index (κ2) is 8.02. The van der Waals surface area contributed by atoms with E-state index in [1.165, 1.54) is 23.5 Å².